The maximum Gasteiger partial charge on any atom is 0.245 e. The third-order valence-electron chi connectivity index (χ3n) is 12.1. The van der Waals surface area contributed by atoms with Crippen molar-refractivity contribution in [2.75, 3.05) is 41.3 Å². The van der Waals surface area contributed by atoms with Gasteiger partial charge >= 0.3 is 0 Å². The number of H-pyrrole nitrogens is 2. The maximum atomic E-state index is 14.0. The van der Waals surface area contributed by atoms with E-state index >= 15 is 0 Å². The second kappa shape index (κ2) is 15.2. The minimum absolute atomic E-state index is 0.0843. The fourth-order valence-corrected chi connectivity index (χ4v) is 9.39. The zero-order valence-electron chi connectivity index (χ0n) is 33.2. The lowest BCUT2D eigenvalue weighted by atomic mass is 10.0. The van der Waals surface area contributed by atoms with Crippen molar-refractivity contribution in [3.05, 3.63) is 143 Å². The third-order valence-corrected chi connectivity index (χ3v) is 12.1. The molecule has 4 atom stereocenters. The van der Waals surface area contributed by atoms with E-state index in [1.807, 2.05) is 121 Å². The van der Waals surface area contributed by atoms with Crippen LogP contribution < -0.4 is 0 Å². The molecule has 9 rings (SSSR count). The van der Waals surface area contributed by atoms with E-state index in [-0.39, 0.29) is 36.0 Å². The second-order valence-corrected chi connectivity index (χ2v) is 16.2. The van der Waals surface area contributed by atoms with E-state index in [0.29, 0.717) is 0 Å². The van der Waals surface area contributed by atoms with Gasteiger partial charge in [0, 0.05) is 13.1 Å². The first-order chi connectivity index (χ1) is 27.7. The number of benzene rings is 4. The summed E-state index contributed by atoms with van der Waals surface area (Å²) < 4.78 is 0. The molecule has 10 heteroatoms. The molecule has 4 heterocycles. The number of likely N-dealkylation sites (N-methyl/N-ethyl adjacent to an activating group) is 2. The van der Waals surface area contributed by atoms with Gasteiger partial charge in [0.2, 0.25) is 11.8 Å². The molecule has 2 aromatic heterocycles. The van der Waals surface area contributed by atoms with Crippen LogP contribution in [0.15, 0.2) is 109 Å². The van der Waals surface area contributed by atoms with Gasteiger partial charge in [-0.3, -0.25) is 19.4 Å². The van der Waals surface area contributed by atoms with Gasteiger partial charge in [-0.15, -0.1) is 0 Å². The molecule has 0 saturated carbocycles. The van der Waals surface area contributed by atoms with Crippen molar-refractivity contribution in [1.82, 2.24) is 39.5 Å². The van der Waals surface area contributed by atoms with Crippen molar-refractivity contribution in [3.8, 4) is 33.6 Å². The molecule has 6 aromatic rings. The Morgan fingerprint density at radius 2 is 1.04 bits per heavy atom. The molecule has 4 aromatic carbocycles. The van der Waals surface area contributed by atoms with Gasteiger partial charge in [-0.05, 0) is 117 Å². The number of rotatable bonds is 10. The minimum Gasteiger partial charge on any atom is -0.340 e. The average Bonchev–Trinajstić information content (AvgIpc) is 4.07. The molecule has 0 spiro atoms. The molecular weight excluding hydrogens is 709 g/mol. The summed E-state index contributed by atoms with van der Waals surface area (Å²) >= 11 is 0. The van der Waals surface area contributed by atoms with Crippen molar-refractivity contribution >= 4 is 11.8 Å². The van der Waals surface area contributed by atoms with Crippen molar-refractivity contribution in [2.45, 2.75) is 56.3 Å². The lowest BCUT2D eigenvalue weighted by molar-refractivity contribution is -0.138. The van der Waals surface area contributed by atoms with Crippen LogP contribution in [0.5, 0.6) is 0 Å². The topological polar surface area (TPSA) is 104 Å². The Hall–Kier alpha value is -5.84. The first-order valence-corrected chi connectivity index (χ1v) is 20.2. The maximum absolute atomic E-state index is 14.0. The summed E-state index contributed by atoms with van der Waals surface area (Å²) in [6.45, 7) is 1.45. The summed E-state index contributed by atoms with van der Waals surface area (Å²) in [7, 11) is 7.87. The Balaban J connectivity index is 0.902. The predicted molar refractivity (Wildman–Crippen MR) is 223 cm³/mol. The molecule has 2 amide bonds. The zero-order chi connectivity index (χ0) is 39.2. The molecule has 2 fully saturated rings. The number of aromatic nitrogens is 4. The van der Waals surface area contributed by atoms with Gasteiger partial charge in [0.1, 0.15) is 23.7 Å². The highest BCUT2D eigenvalue weighted by Crippen LogP contribution is 2.42. The summed E-state index contributed by atoms with van der Waals surface area (Å²) in [6, 6.07) is 32.5. The van der Waals surface area contributed by atoms with Crippen LogP contribution in [0.1, 0.15) is 83.8 Å². The van der Waals surface area contributed by atoms with E-state index in [9.17, 15) is 9.59 Å². The average molecular weight is 759 g/mol. The lowest BCUT2D eigenvalue weighted by Crippen LogP contribution is -2.40. The van der Waals surface area contributed by atoms with Gasteiger partial charge in [0.05, 0.1) is 35.9 Å². The number of nitrogens with one attached hydrogen (secondary N) is 2. The van der Waals surface area contributed by atoms with Crippen molar-refractivity contribution in [3.63, 3.8) is 0 Å². The largest absolute Gasteiger partial charge is 0.340 e. The zero-order valence-corrected chi connectivity index (χ0v) is 33.2. The normalized spacial score (nSPS) is 18.6. The predicted octanol–water partition coefficient (Wildman–Crippen LogP) is 7.97. The number of fused-ring (bicyclic) bond motifs is 3. The van der Waals surface area contributed by atoms with Gasteiger partial charge in [0.15, 0.2) is 0 Å². The Morgan fingerprint density at radius 1 is 0.614 bits per heavy atom. The van der Waals surface area contributed by atoms with Crippen LogP contribution in [-0.4, -0.2) is 92.6 Å². The van der Waals surface area contributed by atoms with E-state index in [1.165, 1.54) is 22.3 Å². The van der Waals surface area contributed by atoms with Crippen LogP contribution in [0.3, 0.4) is 0 Å². The molecule has 0 unspecified atom stereocenters. The van der Waals surface area contributed by atoms with E-state index in [1.54, 1.807) is 0 Å². The van der Waals surface area contributed by atoms with Crippen molar-refractivity contribution in [2.24, 2.45) is 0 Å². The summed E-state index contributed by atoms with van der Waals surface area (Å²) in [5.74, 6) is 1.90. The molecule has 3 aliphatic rings. The molecule has 57 heavy (non-hydrogen) atoms. The van der Waals surface area contributed by atoms with Gasteiger partial charge in [-0.1, -0.05) is 84.9 Å². The highest BCUT2D eigenvalue weighted by molar-refractivity contribution is 5.85. The van der Waals surface area contributed by atoms with Crippen molar-refractivity contribution < 1.29 is 9.59 Å². The molecule has 2 N–H and O–H groups in total. The van der Waals surface area contributed by atoms with Crippen LogP contribution >= 0.6 is 0 Å². The Labute approximate surface area is 334 Å². The Bertz CT molecular complexity index is 2230. The summed E-state index contributed by atoms with van der Waals surface area (Å²) in [4.78, 5) is 52.9. The van der Waals surface area contributed by atoms with E-state index in [4.69, 9.17) is 9.97 Å². The Kier molecular flexibility index (Phi) is 9.84. The van der Waals surface area contributed by atoms with Crippen molar-refractivity contribution in [1.29, 1.82) is 0 Å². The number of carbonyl (C=O) groups excluding carboxylic acids is 2. The lowest BCUT2D eigenvalue weighted by Gasteiger charge is -2.31. The third kappa shape index (κ3) is 6.87. The van der Waals surface area contributed by atoms with Gasteiger partial charge in [-0.2, -0.15) is 0 Å². The van der Waals surface area contributed by atoms with Crippen LogP contribution in [-0.2, 0) is 16.0 Å². The Morgan fingerprint density at radius 3 is 1.44 bits per heavy atom. The number of amides is 2. The number of aromatic amines is 2. The second-order valence-electron chi connectivity index (χ2n) is 16.2. The van der Waals surface area contributed by atoms with Crippen LogP contribution in [0.25, 0.3) is 33.6 Å². The van der Waals surface area contributed by atoms with Gasteiger partial charge in [-0.25, -0.2) is 9.97 Å². The van der Waals surface area contributed by atoms with Gasteiger partial charge < -0.3 is 19.8 Å². The molecule has 10 nitrogen and oxygen atoms in total. The number of carbonyl (C=O) groups is 2. The molecule has 1 aliphatic carbocycles. The quantitative estimate of drug-likeness (QED) is 0.147. The van der Waals surface area contributed by atoms with Gasteiger partial charge in [0.25, 0.3) is 0 Å². The molecule has 2 aliphatic heterocycles. The summed E-state index contributed by atoms with van der Waals surface area (Å²) in [5, 5.41) is 0. The SMILES string of the molecule is CN(C)[C@H](C(=O)N1CCC[C@@H]1c1ncc(-c2ccc3c(c2)Cc2cc(-c4cnc([C@H]5CCCN5C(=O)[C@H](c5ccccc5)N(C)C)[nH]4)ccc2-3)[nH]1)c1ccccc1. The fraction of sp³-hybridized carbons (Fsp3) is 0.319. The van der Waals surface area contributed by atoms with Crippen LogP contribution in [0, 0.1) is 0 Å². The number of hydrogen-bond acceptors (Lipinski definition) is 6. The molecule has 0 bridgehead atoms. The minimum atomic E-state index is -0.342. The first kappa shape index (κ1) is 36.8. The monoisotopic (exact) mass is 758 g/mol. The smallest absolute Gasteiger partial charge is 0.245 e. The number of likely N-dealkylation sites (tertiary alicyclic amines) is 2. The summed E-state index contributed by atoms with van der Waals surface area (Å²) in [6.07, 6.45) is 8.33. The fourth-order valence-electron chi connectivity index (χ4n) is 9.39. The molecule has 2 saturated heterocycles. The highest BCUT2D eigenvalue weighted by atomic mass is 16.2. The standard InChI is InChI=1S/C47H50N8O2/c1-52(2)42(30-13-7-5-8-14-30)46(56)54-23-11-17-40(54)44-48-28-38(50-44)32-19-21-36-34(25-32)27-35-26-33(20-22-37(35)36)39-29-49-45(51-39)41-18-12-24-55(41)47(57)43(53(3)4)31-15-9-6-10-16-31/h5-10,13-16,19-22,25-26,28-29,40-43H,11-12,17-18,23-24,27H2,1-4H3,(H,48,50)(H,49,51)/t40-,41-,42+,43+/m1/s1. The highest BCUT2D eigenvalue weighted by Gasteiger charge is 2.38. The molecule has 290 valence electrons. The molecular formula is C47H50N8O2. The summed E-state index contributed by atoms with van der Waals surface area (Å²) in [5.41, 5.74) is 11.2. The van der Waals surface area contributed by atoms with Crippen LogP contribution in [0.2, 0.25) is 0 Å². The first-order valence-electron chi connectivity index (χ1n) is 20.2. The van der Waals surface area contributed by atoms with E-state index < -0.39 is 0 Å². The van der Waals surface area contributed by atoms with Crippen LogP contribution in [0.4, 0.5) is 0 Å². The van der Waals surface area contributed by atoms with E-state index in [2.05, 4.69) is 46.4 Å². The van der Waals surface area contributed by atoms with E-state index in [0.717, 1.165) is 90.5 Å². The number of imidazole rings is 2. The number of hydrogen-bond donors (Lipinski definition) is 2. The number of nitrogens with zero attached hydrogens (tertiary/aromatic N) is 6. The molecule has 0 radical (unpaired) electrons.